The molecule has 0 nitrogen and oxygen atoms in total. The Kier molecular flexibility index (Phi) is 3.36. The van der Waals surface area contributed by atoms with Gasteiger partial charge in [0.05, 0.1) is 10.8 Å². The zero-order valence-corrected chi connectivity index (χ0v) is 6.10. The second-order valence-electron chi connectivity index (χ2n) is 1.93. The third-order valence-electron chi connectivity index (χ3n) is 0.856. The molecule has 0 heterocycles. The van der Waals surface area contributed by atoms with E-state index >= 15 is 0 Å². The van der Waals surface area contributed by atoms with E-state index in [1.165, 1.54) is 0 Å². The normalized spacial score (nSPS) is 14.0. The predicted octanol–water partition coefficient (Wildman–Crippen LogP) is 2.99. The highest BCUT2D eigenvalue weighted by Gasteiger charge is 2.11. The van der Waals surface area contributed by atoms with Crippen molar-refractivity contribution >= 4 is 10.8 Å². The molecule has 0 rings (SSSR count). The van der Waals surface area contributed by atoms with Crippen LogP contribution in [0.4, 0.5) is 7.77 Å². The van der Waals surface area contributed by atoms with Crippen molar-refractivity contribution in [3.8, 4) is 0 Å². The van der Waals surface area contributed by atoms with Crippen LogP contribution in [0.5, 0.6) is 0 Å². The Hall–Kier alpha value is 0.210. The van der Waals surface area contributed by atoms with Crippen molar-refractivity contribution in [2.24, 2.45) is 0 Å². The lowest BCUT2D eigenvalue weighted by atomic mass is 10.4. The lowest BCUT2D eigenvalue weighted by Gasteiger charge is -2.12. The first-order valence-corrected chi connectivity index (χ1v) is 4.72. The molecule has 8 heavy (non-hydrogen) atoms. The molecular weight excluding hydrogens is 130 g/mol. The van der Waals surface area contributed by atoms with Crippen molar-refractivity contribution in [1.29, 1.82) is 0 Å². The van der Waals surface area contributed by atoms with E-state index in [0.717, 1.165) is 12.7 Å². The lowest BCUT2D eigenvalue weighted by molar-refractivity contribution is 0.734. The van der Waals surface area contributed by atoms with E-state index in [9.17, 15) is 7.77 Å². The maximum Gasteiger partial charge on any atom is 0.0544 e. The van der Waals surface area contributed by atoms with Gasteiger partial charge in [-0.05, 0) is 6.42 Å². The van der Waals surface area contributed by atoms with E-state index in [1.807, 2.05) is 6.92 Å². The standard InChI is InChI=1S/C5H12F2S/c1-3-4-5-8(2,6)7/h3-5H2,1-2H3. The molecule has 0 bridgehead atoms. The zero-order chi connectivity index (χ0) is 6.62. The third kappa shape index (κ3) is 6.21. The van der Waals surface area contributed by atoms with Crippen LogP contribution in [0, 0.1) is 0 Å². The van der Waals surface area contributed by atoms with Crippen LogP contribution < -0.4 is 0 Å². The molecule has 0 saturated carbocycles. The van der Waals surface area contributed by atoms with Crippen molar-refractivity contribution in [2.45, 2.75) is 19.8 Å². The summed E-state index contributed by atoms with van der Waals surface area (Å²) in [6.07, 6.45) is 2.58. The Balaban J connectivity index is 3.11. The van der Waals surface area contributed by atoms with Gasteiger partial charge in [-0.1, -0.05) is 13.3 Å². The van der Waals surface area contributed by atoms with Crippen LogP contribution in [0.2, 0.25) is 0 Å². The van der Waals surface area contributed by atoms with E-state index in [-0.39, 0.29) is 5.75 Å². The van der Waals surface area contributed by atoms with Crippen LogP contribution in [0.25, 0.3) is 0 Å². The number of rotatable bonds is 3. The Labute approximate surface area is 51.2 Å². The highest BCUT2D eigenvalue weighted by atomic mass is 32.3. The van der Waals surface area contributed by atoms with Crippen LogP contribution in [0.1, 0.15) is 19.8 Å². The molecule has 0 aliphatic rings. The zero-order valence-electron chi connectivity index (χ0n) is 5.29. The summed E-state index contributed by atoms with van der Waals surface area (Å²) in [7, 11) is -3.19. The van der Waals surface area contributed by atoms with Crippen LogP contribution in [0.3, 0.4) is 0 Å². The number of hydrogen-bond donors (Lipinski definition) is 0. The van der Waals surface area contributed by atoms with Gasteiger partial charge in [-0.15, -0.1) is 0 Å². The summed E-state index contributed by atoms with van der Waals surface area (Å²) in [5, 5.41) is 0. The van der Waals surface area contributed by atoms with Gasteiger partial charge in [-0.3, -0.25) is 0 Å². The fourth-order valence-corrected chi connectivity index (χ4v) is 1.19. The average molecular weight is 142 g/mol. The molecule has 0 N–H and O–H groups in total. The highest BCUT2D eigenvalue weighted by Crippen LogP contribution is 2.47. The topological polar surface area (TPSA) is 0 Å². The van der Waals surface area contributed by atoms with Crippen LogP contribution in [0.15, 0.2) is 0 Å². The highest BCUT2D eigenvalue weighted by molar-refractivity contribution is 8.24. The van der Waals surface area contributed by atoms with Gasteiger partial charge in [0.1, 0.15) is 0 Å². The molecule has 0 radical (unpaired) electrons. The van der Waals surface area contributed by atoms with Crippen molar-refractivity contribution < 1.29 is 7.77 Å². The minimum absolute atomic E-state index is 0.115. The molecule has 0 unspecified atom stereocenters. The van der Waals surface area contributed by atoms with Gasteiger partial charge in [-0.2, -0.15) is 7.77 Å². The van der Waals surface area contributed by atoms with Gasteiger partial charge >= 0.3 is 0 Å². The van der Waals surface area contributed by atoms with E-state index in [1.54, 1.807) is 0 Å². The summed E-state index contributed by atoms with van der Waals surface area (Å²) < 4.78 is 24.0. The van der Waals surface area contributed by atoms with E-state index in [4.69, 9.17) is 0 Å². The molecule has 0 atom stereocenters. The Morgan fingerprint density at radius 1 is 1.38 bits per heavy atom. The largest absolute Gasteiger partial charge is 0.158 e. The monoisotopic (exact) mass is 142 g/mol. The fraction of sp³-hybridized carbons (Fsp3) is 1.00. The van der Waals surface area contributed by atoms with Crippen molar-refractivity contribution in [2.75, 3.05) is 12.0 Å². The first kappa shape index (κ1) is 8.21. The predicted molar refractivity (Wildman–Crippen MR) is 35.5 cm³/mol. The van der Waals surface area contributed by atoms with Crippen LogP contribution >= 0.6 is 10.8 Å². The van der Waals surface area contributed by atoms with Gasteiger partial charge in [0.25, 0.3) is 0 Å². The lowest BCUT2D eigenvalue weighted by Crippen LogP contribution is -1.88. The van der Waals surface area contributed by atoms with E-state index in [0.29, 0.717) is 6.42 Å². The summed E-state index contributed by atoms with van der Waals surface area (Å²) >= 11 is 0. The molecule has 0 aromatic carbocycles. The van der Waals surface area contributed by atoms with Crippen molar-refractivity contribution in [1.82, 2.24) is 0 Å². The third-order valence-corrected chi connectivity index (χ3v) is 1.86. The number of halogens is 2. The first-order valence-electron chi connectivity index (χ1n) is 2.71. The van der Waals surface area contributed by atoms with E-state index in [2.05, 4.69) is 0 Å². The Morgan fingerprint density at radius 3 is 2.00 bits per heavy atom. The minimum Gasteiger partial charge on any atom is -0.158 e. The molecule has 0 fully saturated rings. The molecule has 0 amide bonds. The average Bonchev–Trinajstić information content (AvgIpc) is 1.59. The molecule has 0 spiro atoms. The molecule has 0 aliphatic heterocycles. The molecule has 0 saturated heterocycles. The smallest absolute Gasteiger partial charge is 0.0544 e. The van der Waals surface area contributed by atoms with Gasteiger partial charge in [0.15, 0.2) is 0 Å². The van der Waals surface area contributed by atoms with Gasteiger partial charge < -0.3 is 0 Å². The molecule has 52 valence electrons. The minimum atomic E-state index is -3.19. The summed E-state index contributed by atoms with van der Waals surface area (Å²) in [6, 6.07) is 0. The number of hydrogen-bond acceptors (Lipinski definition) is 0. The number of unbranched alkanes of at least 4 members (excludes halogenated alkanes) is 1. The van der Waals surface area contributed by atoms with Crippen LogP contribution in [-0.4, -0.2) is 12.0 Å². The van der Waals surface area contributed by atoms with Crippen molar-refractivity contribution in [3.63, 3.8) is 0 Å². The second kappa shape index (κ2) is 3.28. The van der Waals surface area contributed by atoms with Gasteiger partial charge in [-0.25, -0.2) is 0 Å². The second-order valence-corrected chi connectivity index (χ2v) is 4.09. The van der Waals surface area contributed by atoms with Crippen molar-refractivity contribution in [3.05, 3.63) is 0 Å². The quantitative estimate of drug-likeness (QED) is 0.568. The molecule has 0 aliphatic carbocycles. The first-order chi connectivity index (χ1) is 3.56. The maximum absolute atomic E-state index is 12.0. The summed E-state index contributed by atoms with van der Waals surface area (Å²) in [4.78, 5) is 0. The van der Waals surface area contributed by atoms with Gasteiger partial charge in [0.2, 0.25) is 0 Å². The summed E-state index contributed by atoms with van der Waals surface area (Å²) in [5.41, 5.74) is 0. The fourth-order valence-electron chi connectivity index (χ4n) is 0.398. The molecule has 0 aromatic rings. The van der Waals surface area contributed by atoms with Gasteiger partial charge in [0, 0.05) is 12.0 Å². The Bertz CT molecular complexity index is 57.9. The SMILES string of the molecule is CCCCS(C)(F)F. The molecule has 0 aromatic heterocycles. The van der Waals surface area contributed by atoms with Crippen LogP contribution in [-0.2, 0) is 0 Å². The maximum atomic E-state index is 12.0. The Morgan fingerprint density at radius 2 is 1.88 bits per heavy atom. The molecule has 3 heteroatoms. The van der Waals surface area contributed by atoms with E-state index < -0.39 is 10.8 Å². The summed E-state index contributed by atoms with van der Waals surface area (Å²) in [6.45, 7) is 1.92. The molecular formula is C5H12F2S. The summed E-state index contributed by atoms with van der Waals surface area (Å²) in [5.74, 6) is 0.115.